The summed E-state index contributed by atoms with van der Waals surface area (Å²) in [6.45, 7) is 4.29. The molecule has 0 aliphatic heterocycles. The lowest BCUT2D eigenvalue weighted by atomic mass is 9.95. The van der Waals surface area contributed by atoms with Crippen molar-refractivity contribution in [2.45, 2.75) is 56.9 Å². The molecule has 0 aromatic heterocycles. The number of rotatable bonds is 7. The van der Waals surface area contributed by atoms with Crippen LogP contribution >= 0.6 is 0 Å². The Morgan fingerprint density at radius 3 is 2.40 bits per heavy atom. The van der Waals surface area contributed by atoms with Crippen molar-refractivity contribution in [2.75, 3.05) is 20.2 Å². The molecule has 1 aliphatic carbocycles. The summed E-state index contributed by atoms with van der Waals surface area (Å²) in [6.07, 6.45) is 5.41. The van der Waals surface area contributed by atoms with Gasteiger partial charge in [-0.15, -0.1) is 0 Å². The number of methoxy groups -OCH3 is 1. The van der Waals surface area contributed by atoms with Crippen molar-refractivity contribution in [2.24, 2.45) is 0 Å². The predicted molar refractivity (Wildman–Crippen MR) is 97.4 cm³/mol. The molecule has 0 bridgehead atoms. The first-order chi connectivity index (χ1) is 11.9. The Labute approximate surface area is 150 Å². The van der Waals surface area contributed by atoms with Crippen LogP contribution in [0.1, 0.15) is 56.3 Å². The van der Waals surface area contributed by atoms with Crippen LogP contribution in [0.15, 0.2) is 23.1 Å². The number of sulfonamides is 1. The number of nitrogens with zero attached hydrogens (tertiary/aromatic N) is 1. The minimum atomic E-state index is -3.70. The van der Waals surface area contributed by atoms with Gasteiger partial charge in [-0.2, -0.15) is 4.31 Å². The lowest BCUT2D eigenvalue weighted by Gasteiger charge is -2.23. The van der Waals surface area contributed by atoms with Gasteiger partial charge < -0.3 is 10.1 Å². The Kier molecular flexibility index (Phi) is 6.84. The molecule has 1 aliphatic rings. The van der Waals surface area contributed by atoms with Gasteiger partial charge in [-0.1, -0.05) is 33.1 Å². The fraction of sp³-hybridized carbons (Fsp3) is 0.611. The summed E-state index contributed by atoms with van der Waals surface area (Å²) in [6, 6.07) is 4.75. The topological polar surface area (TPSA) is 75.7 Å². The number of carbonyl (C=O) groups is 1. The zero-order chi connectivity index (χ0) is 18.4. The highest BCUT2D eigenvalue weighted by Gasteiger charge is 2.27. The zero-order valence-electron chi connectivity index (χ0n) is 15.2. The van der Waals surface area contributed by atoms with E-state index in [9.17, 15) is 13.2 Å². The van der Waals surface area contributed by atoms with Gasteiger partial charge in [-0.25, -0.2) is 8.42 Å². The van der Waals surface area contributed by atoms with Crippen LogP contribution in [0.2, 0.25) is 0 Å². The molecular formula is C18H28N2O4S. The van der Waals surface area contributed by atoms with Gasteiger partial charge >= 0.3 is 0 Å². The molecule has 6 nitrogen and oxygen atoms in total. The summed E-state index contributed by atoms with van der Waals surface area (Å²) >= 11 is 0. The fourth-order valence-electron chi connectivity index (χ4n) is 3.24. The number of nitrogens with one attached hydrogen (secondary N) is 1. The Hall–Kier alpha value is -1.60. The Morgan fingerprint density at radius 2 is 1.84 bits per heavy atom. The molecule has 0 spiro atoms. The molecule has 2 rings (SSSR count). The molecular weight excluding hydrogens is 340 g/mol. The second-order valence-corrected chi connectivity index (χ2v) is 8.17. The summed E-state index contributed by atoms with van der Waals surface area (Å²) in [5, 5.41) is 3.02. The summed E-state index contributed by atoms with van der Waals surface area (Å²) in [7, 11) is -2.28. The minimum absolute atomic E-state index is 0.0370. The van der Waals surface area contributed by atoms with Crippen molar-refractivity contribution < 1.29 is 17.9 Å². The number of ether oxygens (including phenoxy) is 1. The van der Waals surface area contributed by atoms with Gasteiger partial charge in [-0.05, 0) is 31.0 Å². The van der Waals surface area contributed by atoms with E-state index in [2.05, 4.69) is 5.32 Å². The Morgan fingerprint density at radius 1 is 1.20 bits per heavy atom. The fourth-order valence-corrected chi connectivity index (χ4v) is 4.88. The quantitative estimate of drug-likeness (QED) is 0.803. The first-order valence-electron chi connectivity index (χ1n) is 8.93. The normalized spacial score (nSPS) is 16.0. The average Bonchev–Trinajstić information content (AvgIpc) is 2.62. The summed E-state index contributed by atoms with van der Waals surface area (Å²) in [5.41, 5.74) is 0.345. The molecule has 1 fully saturated rings. The maximum Gasteiger partial charge on any atom is 0.251 e. The minimum Gasteiger partial charge on any atom is -0.495 e. The highest BCUT2D eigenvalue weighted by Crippen LogP contribution is 2.28. The number of carbonyl (C=O) groups excluding carboxylic acids is 1. The van der Waals surface area contributed by atoms with Gasteiger partial charge in [0.1, 0.15) is 10.6 Å². The summed E-state index contributed by atoms with van der Waals surface area (Å²) in [5.74, 6) is 0.0201. The molecule has 1 aromatic rings. The van der Waals surface area contributed by atoms with Crippen molar-refractivity contribution in [1.82, 2.24) is 9.62 Å². The Bertz CT molecular complexity index is 693. The van der Waals surface area contributed by atoms with E-state index in [0.29, 0.717) is 18.7 Å². The van der Waals surface area contributed by atoms with Gasteiger partial charge in [0.25, 0.3) is 5.91 Å². The van der Waals surface area contributed by atoms with E-state index in [0.717, 1.165) is 25.7 Å². The molecule has 1 amide bonds. The maximum atomic E-state index is 12.9. The average molecular weight is 368 g/mol. The lowest BCUT2D eigenvalue weighted by Crippen LogP contribution is -2.36. The van der Waals surface area contributed by atoms with Crippen molar-refractivity contribution in [3.05, 3.63) is 23.8 Å². The largest absolute Gasteiger partial charge is 0.495 e. The molecule has 7 heteroatoms. The molecule has 0 radical (unpaired) electrons. The molecule has 0 heterocycles. The van der Waals surface area contributed by atoms with E-state index in [4.69, 9.17) is 4.74 Å². The van der Waals surface area contributed by atoms with Gasteiger partial charge in [0.2, 0.25) is 10.0 Å². The molecule has 0 atom stereocenters. The molecule has 140 valence electrons. The van der Waals surface area contributed by atoms with Crippen molar-refractivity contribution >= 4 is 15.9 Å². The predicted octanol–water partition coefficient (Wildman–Crippen LogP) is 2.79. The first kappa shape index (κ1) is 19.7. The first-order valence-corrected chi connectivity index (χ1v) is 10.4. The van der Waals surface area contributed by atoms with Crippen molar-refractivity contribution in [3.8, 4) is 5.75 Å². The van der Waals surface area contributed by atoms with Crippen LogP contribution in [0.4, 0.5) is 0 Å². The van der Waals surface area contributed by atoms with Gasteiger partial charge in [-0.3, -0.25) is 4.79 Å². The van der Waals surface area contributed by atoms with E-state index < -0.39 is 10.0 Å². The summed E-state index contributed by atoms with van der Waals surface area (Å²) in [4.78, 5) is 12.6. The van der Waals surface area contributed by atoms with E-state index in [1.54, 1.807) is 26.0 Å². The molecule has 25 heavy (non-hydrogen) atoms. The zero-order valence-corrected chi connectivity index (χ0v) is 16.1. The monoisotopic (exact) mass is 368 g/mol. The van der Waals surface area contributed by atoms with Gasteiger partial charge in [0, 0.05) is 24.7 Å². The number of benzene rings is 1. The van der Waals surface area contributed by atoms with Crippen molar-refractivity contribution in [3.63, 3.8) is 0 Å². The molecule has 0 saturated heterocycles. The van der Waals surface area contributed by atoms with Crippen molar-refractivity contribution in [1.29, 1.82) is 0 Å². The second kappa shape index (κ2) is 8.67. The van der Waals surface area contributed by atoms with Crippen LogP contribution in [0, 0.1) is 0 Å². The standard InChI is InChI=1S/C18H28N2O4S/c1-4-20(5-2)25(22,23)17-13-14(11-12-16(17)24-3)18(21)19-15-9-7-6-8-10-15/h11-13,15H,4-10H2,1-3H3,(H,19,21). The third kappa shape index (κ3) is 4.52. The number of hydrogen-bond donors (Lipinski definition) is 1. The third-order valence-corrected chi connectivity index (χ3v) is 6.76. The third-order valence-electron chi connectivity index (χ3n) is 4.69. The number of amides is 1. The van der Waals surface area contributed by atoms with Crippen LogP contribution in [-0.2, 0) is 10.0 Å². The van der Waals surface area contributed by atoms with E-state index in [1.165, 1.54) is 23.9 Å². The van der Waals surface area contributed by atoms with Crippen LogP contribution in [0.3, 0.4) is 0 Å². The van der Waals surface area contributed by atoms with Gasteiger partial charge in [0.05, 0.1) is 7.11 Å². The molecule has 0 unspecified atom stereocenters. The smallest absolute Gasteiger partial charge is 0.251 e. The molecule has 1 N–H and O–H groups in total. The lowest BCUT2D eigenvalue weighted by molar-refractivity contribution is 0.0927. The molecule has 1 aromatic carbocycles. The van der Waals surface area contributed by atoms with Crippen LogP contribution in [-0.4, -0.2) is 44.9 Å². The van der Waals surface area contributed by atoms with E-state index >= 15 is 0 Å². The van der Waals surface area contributed by atoms with Gasteiger partial charge in [0.15, 0.2) is 0 Å². The second-order valence-electron chi connectivity index (χ2n) is 6.26. The highest BCUT2D eigenvalue weighted by atomic mass is 32.2. The highest BCUT2D eigenvalue weighted by molar-refractivity contribution is 7.89. The number of hydrogen-bond acceptors (Lipinski definition) is 4. The van der Waals surface area contributed by atoms with Crippen LogP contribution < -0.4 is 10.1 Å². The van der Waals surface area contributed by atoms with Crippen LogP contribution in [0.5, 0.6) is 5.75 Å². The Balaban J connectivity index is 2.31. The van der Waals surface area contributed by atoms with E-state index in [1.807, 2.05) is 0 Å². The van der Waals surface area contributed by atoms with Crippen LogP contribution in [0.25, 0.3) is 0 Å². The maximum absolute atomic E-state index is 12.9. The molecule has 1 saturated carbocycles. The van der Waals surface area contributed by atoms with E-state index in [-0.39, 0.29) is 22.6 Å². The SMILES string of the molecule is CCN(CC)S(=O)(=O)c1cc(C(=O)NC2CCCCC2)ccc1OC. The summed E-state index contributed by atoms with van der Waals surface area (Å²) < 4.78 is 32.3.